The zero-order chi connectivity index (χ0) is 17.5. The molecule has 0 nitrogen and oxygen atoms in total. The first-order valence-electron chi connectivity index (χ1n) is 7.97. The predicted octanol–water partition coefficient (Wildman–Crippen LogP) is 7.49. The first-order valence-corrected chi connectivity index (χ1v) is 9.14. The second kappa shape index (κ2) is 6.38. The van der Waals surface area contributed by atoms with Gasteiger partial charge in [-0.2, -0.15) is 0 Å². The molecule has 0 radical (unpaired) electrons. The molecule has 0 heterocycles. The summed E-state index contributed by atoms with van der Waals surface area (Å²) >= 11 is 9.84. The van der Waals surface area contributed by atoms with E-state index in [4.69, 9.17) is 11.6 Å². The second-order valence-corrected chi connectivity index (χ2v) is 8.08. The summed E-state index contributed by atoms with van der Waals surface area (Å²) in [7, 11) is 0. The molecule has 0 aliphatic heterocycles. The Bertz CT molecular complexity index is 881. The van der Waals surface area contributed by atoms with Crippen LogP contribution in [0.1, 0.15) is 31.9 Å². The monoisotopic (exact) mass is 398 g/mol. The molecule has 0 aromatic heterocycles. The Morgan fingerprint density at radius 3 is 2.46 bits per heavy atom. The van der Waals surface area contributed by atoms with E-state index in [0.717, 1.165) is 9.51 Å². The summed E-state index contributed by atoms with van der Waals surface area (Å²) in [4.78, 5) is 0. The Morgan fingerprint density at radius 1 is 1.12 bits per heavy atom. The second-order valence-electron chi connectivity index (χ2n) is 6.63. The molecule has 3 rings (SSSR count). The highest BCUT2D eigenvalue weighted by Crippen LogP contribution is 2.48. The maximum absolute atomic E-state index is 6.18. The Balaban J connectivity index is 2.25. The third-order valence-electron chi connectivity index (χ3n) is 4.68. The predicted molar refractivity (Wildman–Crippen MR) is 109 cm³/mol. The van der Waals surface area contributed by atoms with E-state index < -0.39 is 0 Å². The Hall–Kier alpha value is -1.57. The van der Waals surface area contributed by atoms with Gasteiger partial charge in [-0.1, -0.05) is 84.4 Å². The van der Waals surface area contributed by atoms with Gasteiger partial charge in [-0.05, 0) is 58.5 Å². The van der Waals surface area contributed by atoms with Gasteiger partial charge in [0.15, 0.2) is 0 Å². The van der Waals surface area contributed by atoms with E-state index in [1.165, 1.54) is 33.4 Å². The summed E-state index contributed by atoms with van der Waals surface area (Å²) in [5.74, 6) is 0. The fourth-order valence-corrected chi connectivity index (χ4v) is 4.10. The molecule has 122 valence electrons. The number of allylic oxidation sites excluding steroid dienone is 5. The van der Waals surface area contributed by atoms with Crippen LogP contribution in [0.3, 0.4) is 0 Å². The molecule has 0 amide bonds. The van der Waals surface area contributed by atoms with Crippen LogP contribution >= 0.6 is 27.5 Å². The Morgan fingerprint density at radius 2 is 1.83 bits per heavy atom. The maximum Gasteiger partial charge on any atom is 0.0253 e. The van der Waals surface area contributed by atoms with Crippen molar-refractivity contribution in [2.45, 2.75) is 26.2 Å². The maximum atomic E-state index is 6.18. The standard InChI is InChI=1S/C22H20BrCl/c1-5-16-18-13-15(17-8-6-7-9-21(17)23)10-11-19(18)22(3,4)20(16)12-14(2)24/h5-13H,1H2,2-4H3/b14-12+. The highest BCUT2D eigenvalue weighted by atomic mass is 79.9. The van der Waals surface area contributed by atoms with Crippen LogP contribution in [0.15, 0.2) is 76.3 Å². The zero-order valence-corrected chi connectivity index (χ0v) is 16.5. The van der Waals surface area contributed by atoms with Gasteiger partial charge in [0, 0.05) is 14.9 Å². The lowest BCUT2D eigenvalue weighted by atomic mass is 9.80. The lowest BCUT2D eigenvalue weighted by Gasteiger charge is -2.23. The Labute approximate surface area is 157 Å². The fraction of sp³-hybridized carbons (Fsp3) is 0.182. The molecule has 2 aromatic carbocycles. The molecule has 0 N–H and O–H groups in total. The fourth-order valence-electron chi connectivity index (χ4n) is 3.48. The third kappa shape index (κ3) is 2.81. The van der Waals surface area contributed by atoms with E-state index in [2.05, 4.69) is 78.8 Å². The van der Waals surface area contributed by atoms with Gasteiger partial charge in [-0.15, -0.1) is 0 Å². The van der Waals surface area contributed by atoms with E-state index in [0.29, 0.717) is 0 Å². The first-order chi connectivity index (χ1) is 11.4. The number of fused-ring (bicyclic) bond motifs is 1. The highest BCUT2D eigenvalue weighted by Gasteiger charge is 2.35. The summed E-state index contributed by atoms with van der Waals surface area (Å²) in [6, 6.07) is 15.0. The van der Waals surface area contributed by atoms with Crippen LogP contribution in [0, 0.1) is 0 Å². The number of hydrogen-bond acceptors (Lipinski definition) is 0. The minimum Gasteiger partial charge on any atom is -0.0984 e. The summed E-state index contributed by atoms with van der Waals surface area (Å²) in [5.41, 5.74) is 7.27. The average molecular weight is 400 g/mol. The lowest BCUT2D eigenvalue weighted by molar-refractivity contribution is 0.654. The molecule has 1 aliphatic carbocycles. The summed E-state index contributed by atoms with van der Waals surface area (Å²) < 4.78 is 1.10. The van der Waals surface area contributed by atoms with Crippen molar-refractivity contribution in [2.75, 3.05) is 0 Å². The molecule has 0 fully saturated rings. The van der Waals surface area contributed by atoms with Crippen LogP contribution in [0.2, 0.25) is 0 Å². The van der Waals surface area contributed by atoms with Crippen molar-refractivity contribution in [3.05, 3.63) is 87.4 Å². The quantitative estimate of drug-likeness (QED) is 0.501. The Kier molecular flexibility index (Phi) is 4.59. The van der Waals surface area contributed by atoms with Crippen LogP contribution in [-0.4, -0.2) is 0 Å². The molecule has 2 heteroatoms. The molecule has 0 saturated carbocycles. The van der Waals surface area contributed by atoms with Crippen molar-refractivity contribution >= 4 is 33.1 Å². The van der Waals surface area contributed by atoms with E-state index in [9.17, 15) is 0 Å². The molecule has 1 aliphatic rings. The van der Waals surface area contributed by atoms with Crippen molar-refractivity contribution in [2.24, 2.45) is 0 Å². The van der Waals surface area contributed by atoms with E-state index in [1.54, 1.807) is 0 Å². The molecule has 0 spiro atoms. The third-order valence-corrected chi connectivity index (χ3v) is 5.48. The van der Waals surface area contributed by atoms with E-state index >= 15 is 0 Å². The van der Waals surface area contributed by atoms with Crippen LogP contribution in [0.25, 0.3) is 16.7 Å². The largest absolute Gasteiger partial charge is 0.0984 e. The van der Waals surface area contributed by atoms with Gasteiger partial charge in [0.2, 0.25) is 0 Å². The van der Waals surface area contributed by atoms with Crippen LogP contribution in [0.4, 0.5) is 0 Å². The first kappa shape index (κ1) is 17.3. The van der Waals surface area contributed by atoms with E-state index in [-0.39, 0.29) is 5.41 Å². The number of hydrogen-bond donors (Lipinski definition) is 0. The van der Waals surface area contributed by atoms with Crippen molar-refractivity contribution in [3.8, 4) is 11.1 Å². The van der Waals surface area contributed by atoms with Gasteiger partial charge in [0.25, 0.3) is 0 Å². The molecule has 0 atom stereocenters. The molecule has 2 aromatic rings. The number of benzene rings is 2. The number of halogens is 2. The normalized spacial score (nSPS) is 16.3. The summed E-state index contributed by atoms with van der Waals surface area (Å²) in [6.45, 7) is 10.4. The van der Waals surface area contributed by atoms with Gasteiger partial charge >= 0.3 is 0 Å². The average Bonchev–Trinajstić information content (AvgIpc) is 2.74. The molecular weight excluding hydrogens is 380 g/mol. The van der Waals surface area contributed by atoms with Gasteiger partial charge in [-0.25, -0.2) is 0 Å². The van der Waals surface area contributed by atoms with Crippen molar-refractivity contribution in [1.82, 2.24) is 0 Å². The van der Waals surface area contributed by atoms with Crippen LogP contribution in [-0.2, 0) is 5.41 Å². The lowest BCUT2D eigenvalue weighted by Crippen LogP contribution is -2.16. The molecule has 0 unspecified atom stereocenters. The zero-order valence-electron chi connectivity index (χ0n) is 14.2. The summed E-state index contributed by atoms with van der Waals surface area (Å²) in [6.07, 6.45) is 4.01. The molecule has 24 heavy (non-hydrogen) atoms. The SMILES string of the molecule is C=CC1=C(/C=C(\C)Cl)C(C)(C)c2ccc(-c3ccccc3Br)cc21. The van der Waals surface area contributed by atoms with Crippen LogP contribution in [0.5, 0.6) is 0 Å². The minimum absolute atomic E-state index is 0.0819. The van der Waals surface area contributed by atoms with Crippen molar-refractivity contribution in [3.63, 3.8) is 0 Å². The molecule has 0 bridgehead atoms. The number of rotatable bonds is 3. The van der Waals surface area contributed by atoms with Crippen molar-refractivity contribution in [1.29, 1.82) is 0 Å². The van der Waals surface area contributed by atoms with Gasteiger partial charge in [0.05, 0.1) is 0 Å². The smallest absolute Gasteiger partial charge is 0.0253 e. The van der Waals surface area contributed by atoms with Gasteiger partial charge < -0.3 is 0 Å². The highest BCUT2D eigenvalue weighted by molar-refractivity contribution is 9.10. The summed E-state index contributed by atoms with van der Waals surface area (Å²) in [5, 5.41) is 0.788. The van der Waals surface area contributed by atoms with E-state index in [1.807, 2.05) is 19.1 Å². The van der Waals surface area contributed by atoms with Crippen LogP contribution < -0.4 is 0 Å². The topological polar surface area (TPSA) is 0 Å². The van der Waals surface area contributed by atoms with Crippen molar-refractivity contribution < 1.29 is 0 Å². The van der Waals surface area contributed by atoms with Gasteiger partial charge in [-0.3, -0.25) is 0 Å². The minimum atomic E-state index is -0.0819. The molecular formula is C22H20BrCl. The van der Waals surface area contributed by atoms with Gasteiger partial charge in [0.1, 0.15) is 0 Å². The molecule has 0 saturated heterocycles.